The molecular formula is C14H12N4O5S. The summed E-state index contributed by atoms with van der Waals surface area (Å²) in [4.78, 5) is 44.0. The third-order valence-corrected chi connectivity index (χ3v) is 3.89. The van der Waals surface area contributed by atoms with Gasteiger partial charge in [-0.1, -0.05) is 0 Å². The van der Waals surface area contributed by atoms with E-state index in [-0.39, 0.29) is 11.5 Å². The van der Waals surface area contributed by atoms with Crippen LogP contribution in [0.4, 0.5) is 0 Å². The standard InChI is InChI=1S/C14H12N4O5S/c1-8(19)23-11-10(13(21)22-2)16-14-17(4-5-18(14)12(11)20)7-9-15-3-6-24-9/h3-6H,7H2,1-2H3. The molecule has 0 radical (unpaired) electrons. The number of carbonyl (C=O) groups is 2. The molecule has 3 rings (SSSR count). The molecule has 24 heavy (non-hydrogen) atoms. The highest BCUT2D eigenvalue weighted by atomic mass is 32.1. The monoisotopic (exact) mass is 348 g/mol. The molecule has 124 valence electrons. The van der Waals surface area contributed by atoms with E-state index < -0.39 is 23.2 Å². The molecule has 0 aliphatic carbocycles. The molecule has 10 heteroatoms. The van der Waals surface area contributed by atoms with Crippen molar-refractivity contribution in [2.24, 2.45) is 0 Å². The second-order valence-corrected chi connectivity index (χ2v) is 5.68. The van der Waals surface area contributed by atoms with Gasteiger partial charge in [-0.05, 0) is 0 Å². The van der Waals surface area contributed by atoms with Crippen LogP contribution in [0.2, 0.25) is 0 Å². The Hall–Kier alpha value is -3.01. The Balaban J connectivity index is 2.19. The number of nitrogens with zero attached hydrogens (tertiary/aromatic N) is 4. The molecule has 3 aromatic rings. The van der Waals surface area contributed by atoms with Gasteiger partial charge in [0.15, 0.2) is 0 Å². The number of rotatable bonds is 4. The van der Waals surface area contributed by atoms with Crippen LogP contribution in [0.25, 0.3) is 5.78 Å². The van der Waals surface area contributed by atoms with E-state index in [1.165, 1.54) is 21.9 Å². The average molecular weight is 348 g/mol. The van der Waals surface area contributed by atoms with Crippen LogP contribution in [0.15, 0.2) is 28.8 Å². The number of carbonyl (C=O) groups excluding carboxylic acids is 2. The number of ether oxygens (including phenoxy) is 2. The van der Waals surface area contributed by atoms with Crippen LogP contribution in [0, 0.1) is 0 Å². The van der Waals surface area contributed by atoms with Gasteiger partial charge in [-0.15, -0.1) is 11.3 Å². The zero-order chi connectivity index (χ0) is 17.3. The average Bonchev–Trinajstić information content (AvgIpc) is 3.19. The van der Waals surface area contributed by atoms with Crippen LogP contribution >= 0.6 is 11.3 Å². The molecule has 3 heterocycles. The third-order valence-electron chi connectivity index (χ3n) is 3.12. The minimum Gasteiger partial charge on any atom is -0.464 e. The van der Waals surface area contributed by atoms with E-state index in [1.54, 1.807) is 17.0 Å². The summed E-state index contributed by atoms with van der Waals surface area (Å²) in [5.41, 5.74) is -1.02. The van der Waals surface area contributed by atoms with E-state index in [9.17, 15) is 14.4 Å². The Morgan fingerprint density at radius 3 is 2.75 bits per heavy atom. The van der Waals surface area contributed by atoms with Crippen molar-refractivity contribution in [1.29, 1.82) is 0 Å². The van der Waals surface area contributed by atoms with Crippen LogP contribution in [-0.2, 0) is 16.1 Å². The second-order valence-electron chi connectivity index (χ2n) is 4.70. The summed E-state index contributed by atoms with van der Waals surface area (Å²) in [6.45, 7) is 1.51. The molecule has 3 aromatic heterocycles. The van der Waals surface area contributed by atoms with E-state index in [4.69, 9.17) is 4.74 Å². The first-order valence-corrected chi connectivity index (χ1v) is 7.66. The number of hydrogen-bond donors (Lipinski definition) is 0. The van der Waals surface area contributed by atoms with Gasteiger partial charge >= 0.3 is 17.5 Å². The minimum atomic E-state index is -0.868. The summed E-state index contributed by atoms with van der Waals surface area (Å²) < 4.78 is 12.3. The third kappa shape index (κ3) is 2.78. The molecule has 0 saturated carbocycles. The van der Waals surface area contributed by atoms with Crippen LogP contribution in [-0.4, -0.2) is 38.0 Å². The highest BCUT2D eigenvalue weighted by Crippen LogP contribution is 2.16. The lowest BCUT2D eigenvalue weighted by Gasteiger charge is -2.08. The van der Waals surface area contributed by atoms with E-state index in [0.717, 1.165) is 19.0 Å². The van der Waals surface area contributed by atoms with Gasteiger partial charge in [-0.25, -0.2) is 19.2 Å². The van der Waals surface area contributed by atoms with Crippen LogP contribution in [0.1, 0.15) is 22.4 Å². The van der Waals surface area contributed by atoms with Crippen molar-refractivity contribution < 1.29 is 19.1 Å². The highest BCUT2D eigenvalue weighted by Gasteiger charge is 2.24. The molecule has 0 spiro atoms. The largest absolute Gasteiger partial charge is 0.464 e. The summed E-state index contributed by atoms with van der Waals surface area (Å²) in [5.74, 6) is -1.85. The van der Waals surface area contributed by atoms with Crippen molar-refractivity contribution in [3.63, 3.8) is 0 Å². The maximum atomic E-state index is 12.5. The molecule has 0 bridgehead atoms. The lowest BCUT2D eigenvalue weighted by atomic mass is 10.3. The smallest absolute Gasteiger partial charge is 0.360 e. The zero-order valence-corrected chi connectivity index (χ0v) is 13.6. The Bertz CT molecular complexity index is 973. The first kappa shape index (κ1) is 15.9. The molecule has 0 N–H and O–H groups in total. The topological polar surface area (TPSA) is 105 Å². The lowest BCUT2D eigenvalue weighted by molar-refractivity contribution is -0.132. The van der Waals surface area contributed by atoms with Crippen molar-refractivity contribution in [2.45, 2.75) is 13.5 Å². The molecular weight excluding hydrogens is 336 g/mol. The fourth-order valence-electron chi connectivity index (χ4n) is 2.13. The Kier molecular flexibility index (Phi) is 4.13. The molecule has 0 fully saturated rings. The molecule has 0 aromatic carbocycles. The van der Waals surface area contributed by atoms with Crippen molar-refractivity contribution in [3.8, 4) is 5.75 Å². The maximum Gasteiger partial charge on any atom is 0.360 e. The number of methoxy groups -OCH3 is 1. The molecule has 0 saturated heterocycles. The van der Waals surface area contributed by atoms with Crippen molar-refractivity contribution >= 4 is 29.1 Å². The van der Waals surface area contributed by atoms with Crippen molar-refractivity contribution in [3.05, 3.63) is 45.0 Å². The molecule has 0 aliphatic rings. The number of hydrogen-bond acceptors (Lipinski definition) is 8. The van der Waals surface area contributed by atoms with E-state index in [0.29, 0.717) is 6.54 Å². The van der Waals surface area contributed by atoms with Crippen LogP contribution < -0.4 is 10.3 Å². The maximum absolute atomic E-state index is 12.5. The summed E-state index contributed by atoms with van der Waals surface area (Å²) in [6.07, 6.45) is 4.78. The lowest BCUT2D eigenvalue weighted by Crippen LogP contribution is -2.24. The number of imidazole rings is 1. The number of esters is 2. The molecule has 9 nitrogen and oxygen atoms in total. The van der Waals surface area contributed by atoms with Crippen LogP contribution in [0.5, 0.6) is 5.75 Å². The fraction of sp³-hybridized carbons (Fsp3) is 0.214. The Morgan fingerprint density at radius 1 is 1.33 bits per heavy atom. The number of thiazole rings is 1. The Labute approximate surface area is 139 Å². The van der Waals surface area contributed by atoms with Gasteiger partial charge in [-0.3, -0.25) is 9.59 Å². The molecule has 0 unspecified atom stereocenters. The van der Waals surface area contributed by atoms with E-state index >= 15 is 0 Å². The van der Waals surface area contributed by atoms with Gasteiger partial charge in [0.1, 0.15) is 5.01 Å². The predicted octanol–water partition coefficient (Wildman–Crippen LogP) is 0.713. The second kappa shape index (κ2) is 6.24. The summed E-state index contributed by atoms with van der Waals surface area (Å²) in [6, 6.07) is 0. The first-order valence-electron chi connectivity index (χ1n) is 6.78. The summed E-state index contributed by atoms with van der Waals surface area (Å²) in [7, 11) is 1.15. The first-order chi connectivity index (χ1) is 11.5. The van der Waals surface area contributed by atoms with Gasteiger partial charge in [0, 0.05) is 30.9 Å². The fourth-order valence-corrected chi connectivity index (χ4v) is 2.74. The quantitative estimate of drug-likeness (QED) is 0.640. The van der Waals surface area contributed by atoms with Gasteiger partial charge in [0.2, 0.25) is 17.2 Å². The molecule has 0 aliphatic heterocycles. The number of fused-ring (bicyclic) bond motifs is 1. The van der Waals surface area contributed by atoms with Crippen molar-refractivity contribution in [2.75, 3.05) is 7.11 Å². The van der Waals surface area contributed by atoms with E-state index in [1.807, 2.05) is 5.38 Å². The SMILES string of the molecule is COC(=O)c1nc2n(Cc3nccs3)ccn2c(=O)c1OC(C)=O. The Morgan fingerprint density at radius 2 is 2.12 bits per heavy atom. The predicted molar refractivity (Wildman–Crippen MR) is 83.3 cm³/mol. The zero-order valence-electron chi connectivity index (χ0n) is 12.8. The summed E-state index contributed by atoms with van der Waals surface area (Å²) >= 11 is 1.45. The normalized spacial score (nSPS) is 10.8. The summed E-state index contributed by atoms with van der Waals surface area (Å²) in [5, 5.41) is 2.64. The minimum absolute atomic E-state index is 0.214. The van der Waals surface area contributed by atoms with E-state index in [2.05, 4.69) is 14.7 Å². The molecule has 0 atom stereocenters. The highest BCUT2D eigenvalue weighted by molar-refractivity contribution is 7.09. The molecule has 0 amide bonds. The van der Waals surface area contributed by atoms with Gasteiger partial charge in [0.25, 0.3) is 0 Å². The van der Waals surface area contributed by atoms with Crippen LogP contribution in [0.3, 0.4) is 0 Å². The van der Waals surface area contributed by atoms with Gasteiger partial charge < -0.3 is 14.0 Å². The van der Waals surface area contributed by atoms with Crippen molar-refractivity contribution in [1.82, 2.24) is 18.9 Å². The van der Waals surface area contributed by atoms with Gasteiger partial charge in [-0.2, -0.15) is 0 Å². The number of aromatic nitrogens is 4. The van der Waals surface area contributed by atoms with Gasteiger partial charge in [0.05, 0.1) is 13.7 Å².